The summed E-state index contributed by atoms with van der Waals surface area (Å²) in [6, 6.07) is 3.64. The highest BCUT2D eigenvalue weighted by Crippen LogP contribution is 2.22. The van der Waals surface area contributed by atoms with E-state index >= 15 is 0 Å². The highest BCUT2D eigenvalue weighted by Gasteiger charge is 2.20. The summed E-state index contributed by atoms with van der Waals surface area (Å²) in [6.45, 7) is 8.74. The third-order valence-corrected chi connectivity index (χ3v) is 3.31. The summed E-state index contributed by atoms with van der Waals surface area (Å²) in [5.41, 5.74) is 5.05. The number of anilines is 1. The van der Waals surface area contributed by atoms with Crippen LogP contribution in [0.25, 0.3) is 0 Å². The summed E-state index contributed by atoms with van der Waals surface area (Å²) in [5.74, 6) is -0.512. The van der Waals surface area contributed by atoms with Gasteiger partial charge in [0, 0.05) is 19.2 Å². The molecule has 8 heteroatoms. The molecule has 0 unspecified atom stereocenters. The maximum absolute atomic E-state index is 12.3. The molecule has 0 heterocycles. The minimum Gasteiger partial charge on any atom is -0.452 e. The number of nitrogens with zero attached hydrogens (tertiary/aromatic N) is 2. The van der Waals surface area contributed by atoms with Gasteiger partial charge in [-0.3, -0.25) is 14.9 Å². The normalized spacial score (nSPS) is 10.8. The van der Waals surface area contributed by atoms with Crippen molar-refractivity contribution in [3.05, 3.63) is 33.9 Å². The van der Waals surface area contributed by atoms with Gasteiger partial charge in [-0.1, -0.05) is 27.7 Å². The lowest BCUT2D eigenvalue weighted by atomic mass is 10.1. The van der Waals surface area contributed by atoms with E-state index in [-0.39, 0.29) is 34.7 Å². The fraction of sp³-hybridized carbons (Fsp3) is 0.529. The Bertz CT molecular complexity index is 633. The van der Waals surface area contributed by atoms with Gasteiger partial charge in [-0.15, -0.1) is 0 Å². The van der Waals surface area contributed by atoms with E-state index in [1.165, 1.54) is 12.1 Å². The molecule has 0 spiro atoms. The molecule has 1 rings (SSSR count). The molecule has 138 valence electrons. The Hall–Kier alpha value is -2.64. The molecule has 2 N–H and O–H groups in total. The fourth-order valence-electron chi connectivity index (χ4n) is 2.29. The summed E-state index contributed by atoms with van der Waals surface area (Å²) in [4.78, 5) is 36.2. The van der Waals surface area contributed by atoms with E-state index in [9.17, 15) is 19.7 Å². The topological polar surface area (TPSA) is 116 Å². The minimum atomic E-state index is -0.800. The van der Waals surface area contributed by atoms with E-state index in [4.69, 9.17) is 10.5 Å². The van der Waals surface area contributed by atoms with Gasteiger partial charge < -0.3 is 15.4 Å². The standard InChI is InChI=1S/C17H25N3O5/c1-11(2)8-19(9-12(3)4)16(21)10-25-17(22)13-5-6-14(18)15(7-13)20(23)24/h5-7,11-12H,8-10,18H2,1-4H3. The molecule has 0 aliphatic rings. The van der Waals surface area contributed by atoms with Crippen LogP contribution in [0.5, 0.6) is 0 Å². The Morgan fingerprint density at radius 2 is 1.76 bits per heavy atom. The lowest BCUT2D eigenvalue weighted by molar-refractivity contribution is -0.383. The largest absolute Gasteiger partial charge is 0.452 e. The van der Waals surface area contributed by atoms with Gasteiger partial charge in [0.2, 0.25) is 0 Å². The van der Waals surface area contributed by atoms with Crippen molar-refractivity contribution in [3.63, 3.8) is 0 Å². The Morgan fingerprint density at radius 1 is 1.20 bits per heavy atom. The van der Waals surface area contributed by atoms with Gasteiger partial charge in [-0.2, -0.15) is 0 Å². The van der Waals surface area contributed by atoms with Crippen LogP contribution >= 0.6 is 0 Å². The molecular formula is C17H25N3O5. The van der Waals surface area contributed by atoms with Crippen LogP contribution in [-0.4, -0.2) is 41.4 Å². The average molecular weight is 351 g/mol. The van der Waals surface area contributed by atoms with E-state index < -0.39 is 17.5 Å². The Labute approximate surface area is 147 Å². The number of amides is 1. The summed E-state index contributed by atoms with van der Waals surface area (Å²) in [6.07, 6.45) is 0. The van der Waals surface area contributed by atoms with Gasteiger partial charge in [0.15, 0.2) is 6.61 Å². The Kier molecular flexibility index (Phi) is 7.35. The molecule has 25 heavy (non-hydrogen) atoms. The molecule has 1 aromatic rings. The third-order valence-electron chi connectivity index (χ3n) is 3.31. The first kappa shape index (κ1) is 20.4. The van der Waals surface area contributed by atoms with E-state index in [1.54, 1.807) is 4.90 Å². The number of esters is 1. The Balaban J connectivity index is 2.75. The molecule has 1 aromatic carbocycles. The van der Waals surface area contributed by atoms with Crippen molar-refractivity contribution in [1.82, 2.24) is 4.90 Å². The second-order valence-corrected chi connectivity index (χ2v) is 6.69. The monoisotopic (exact) mass is 351 g/mol. The van der Waals surface area contributed by atoms with E-state index in [2.05, 4.69) is 0 Å². The van der Waals surface area contributed by atoms with Gasteiger partial charge in [0.05, 0.1) is 10.5 Å². The van der Waals surface area contributed by atoms with E-state index in [0.717, 1.165) is 6.07 Å². The second-order valence-electron chi connectivity index (χ2n) is 6.69. The molecule has 0 aromatic heterocycles. The van der Waals surface area contributed by atoms with Crippen LogP contribution in [0, 0.1) is 22.0 Å². The lowest BCUT2D eigenvalue weighted by Gasteiger charge is -2.26. The second kappa shape index (κ2) is 9.00. The molecule has 0 aliphatic heterocycles. The predicted octanol–water partition coefficient (Wildman–Crippen LogP) is 2.47. The van der Waals surface area contributed by atoms with Crippen LogP contribution in [0.2, 0.25) is 0 Å². The molecule has 0 aliphatic carbocycles. The van der Waals surface area contributed by atoms with E-state index in [1.807, 2.05) is 27.7 Å². The number of carbonyl (C=O) groups is 2. The molecule has 0 saturated heterocycles. The van der Waals surface area contributed by atoms with Crippen LogP contribution in [0.3, 0.4) is 0 Å². The number of nitro groups is 1. The average Bonchev–Trinajstić information content (AvgIpc) is 2.50. The zero-order chi connectivity index (χ0) is 19.1. The van der Waals surface area contributed by atoms with Crippen molar-refractivity contribution in [2.45, 2.75) is 27.7 Å². The van der Waals surface area contributed by atoms with Crippen molar-refractivity contribution in [3.8, 4) is 0 Å². The van der Waals surface area contributed by atoms with Gasteiger partial charge >= 0.3 is 5.97 Å². The van der Waals surface area contributed by atoms with Crippen molar-refractivity contribution in [1.29, 1.82) is 0 Å². The van der Waals surface area contributed by atoms with Crippen molar-refractivity contribution in [2.75, 3.05) is 25.4 Å². The third kappa shape index (κ3) is 6.40. The number of nitro benzene ring substituents is 1. The number of rotatable bonds is 8. The summed E-state index contributed by atoms with van der Waals surface area (Å²) < 4.78 is 5.02. The predicted molar refractivity (Wildman–Crippen MR) is 94.0 cm³/mol. The molecule has 0 saturated carbocycles. The molecule has 0 bridgehead atoms. The number of benzene rings is 1. The van der Waals surface area contributed by atoms with Crippen LogP contribution < -0.4 is 5.73 Å². The van der Waals surface area contributed by atoms with E-state index in [0.29, 0.717) is 13.1 Å². The number of carbonyl (C=O) groups excluding carboxylic acids is 2. The van der Waals surface area contributed by atoms with Gasteiger partial charge in [0.25, 0.3) is 11.6 Å². The van der Waals surface area contributed by atoms with Crippen molar-refractivity contribution in [2.24, 2.45) is 11.8 Å². The lowest BCUT2D eigenvalue weighted by Crippen LogP contribution is -2.39. The molecule has 0 fully saturated rings. The molecule has 1 amide bonds. The quantitative estimate of drug-likeness (QED) is 0.333. The van der Waals surface area contributed by atoms with Crippen LogP contribution in [-0.2, 0) is 9.53 Å². The van der Waals surface area contributed by atoms with Crippen LogP contribution in [0.1, 0.15) is 38.1 Å². The zero-order valence-electron chi connectivity index (χ0n) is 15.0. The number of hydrogen-bond acceptors (Lipinski definition) is 6. The number of nitrogen functional groups attached to an aromatic ring is 1. The van der Waals surface area contributed by atoms with Gasteiger partial charge in [-0.05, 0) is 24.0 Å². The first-order chi connectivity index (χ1) is 11.6. The number of hydrogen-bond donors (Lipinski definition) is 1. The smallest absolute Gasteiger partial charge is 0.338 e. The molecule has 8 nitrogen and oxygen atoms in total. The molecule has 0 radical (unpaired) electrons. The number of nitrogens with two attached hydrogens (primary N) is 1. The minimum absolute atomic E-state index is 0.0204. The molecular weight excluding hydrogens is 326 g/mol. The van der Waals surface area contributed by atoms with Crippen LogP contribution in [0.4, 0.5) is 11.4 Å². The van der Waals surface area contributed by atoms with Crippen LogP contribution in [0.15, 0.2) is 18.2 Å². The SMILES string of the molecule is CC(C)CN(CC(C)C)C(=O)COC(=O)c1ccc(N)c([N+](=O)[O-])c1. The van der Waals surface area contributed by atoms with Crippen molar-refractivity contribution >= 4 is 23.3 Å². The maximum atomic E-state index is 12.3. The highest BCUT2D eigenvalue weighted by molar-refractivity contribution is 5.92. The summed E-state index contributed by atoms with van der Waals surface area (Å²) in [7, 11) is 0. The molecule has 0 atom stereocenters. The summed E-state index contributed by atoms with van der Waals surface area (Å²) >= 11 is 0. The first-order valence-corrected chi connectivity index (χ1v) is 8.10. The van der Waals surface area contributed by atoms with Gasteiger partial charge in [0.1, 0.15) is 5.69 Å². The van der Waals surface area contributed by atoms with Crippen molar-refractivity contribution < 1.29 is 19.2 Å². The fourth-order valence-corrected chi connectivity index (χ4v) is 2.29. The Morgan fingerprint density at radius 3 is 2.24 bits per heavy atom. The van der Waals surface area contributed by atoms with Gasteiger partial charge in [-0.25, -0.2) is 4.79 Å². The number of ether oxygens (including phenoxy) is 1. The summed E-state index contributed by atoms with van der Waals surface area (Å²) in [5, 5.41) is 10.9. The highest BCUT2D eigenvalue weighted by atomic mass is 16.6. The zero-order valence-corrected chi connectivity index (χ0v) is 15.0. The first-order valence-electron chi connectivity index (χ1n) is 8.10. The maximum Gasteiger partial charge on any atom is 0.338 e.